The molecule has 0 saturated carbocycles. The van der Waals surface area contributed by atoms with Crippen molar-refractivity contribution < 1.29 is 0 Å². The zero-order chi connectivity index (χ0) is 21.2. The maximum Gasteiger partial charge on any atom is 0.229 e. The molecule has 0 aliphatic heterocycles. The first-order valence-corrected chi connectivity index (χ1v) is 15.2. The standard InChI is InChI=1S/C21H44N4Si2/c1-15(2)26(16(3)4,17(5)6)25(21-22-13-14-23-24-21)27(18(7)8,19(9)10)20(11)12/h13-20H,1-12H3. The average Bonchev–Trinajstić information content (AvgIpc) is 2.53. The van der Waals surface area contributed by atoms with Gasteiger partial charge in [0.25, 0.3) is 0 Å². The second kappa shape index (κ2) is 9.16. The Morgan fingerprint density at radius 3 is 1.15 bits per heavy atom. The van der Waals surface area contributed by atoms with Gasteiger partial charge in [-0.25, -0.2) is 4.98 Å². The summed E-state index contributed by atoms with van der Waals surface area (Å²) in [6.45, 7) is 29.3. The molecule has 1 aromatic rings. The first-order valence-electron chi connectivity index (χ1n) is 10.8. The highest BCUT2D eigenvalue weighted by molar-refractivity contribution is 7.05. The van der Waals surface area contributed by atoms with E-state index in [1.165, 1.54) is 0 Å². The SMILES string of the molecule is CC(C)[Si](C(C)C)(C(C)C)N(c1nccnn1)[Si](C(C)C)(C(C)C)C(C)C. The van der Waals surface area contributed by atoms with Gasteiger partial charge in [-0.2, -0.15) is 5.10 Å². The van der Waals surface area contributed by atoms with Gasteiger partial charge >= 0.3 is 0 Å². The van der Waals surface area contributed by atoms with Crippen LogP contribution in [-0.4, -0.2) is 31.7 Å². The Balaban J connectivity index is 4.07. The number of hydrogen-bond acceptors (Lipinski definition) is 4. The van der Waals surface area contributed by atoms with Crippen LogP contribution >= 0.6 is 0 Å². The fraction of sp³-hybridized carbons (Fsp3) is 0.857. The van der Waals surface area contributed by atoms with E-state index in [2.05, 4.69) is 97.5 Å². The molecule has 156 valence electrons. The van der Waals surface area contributed by atoms with E-state index in [4.69, 9.17) is 4.98 Å². The van der Waals surface area contributed by atoms with E-state index in [0.29, 0.717) is 33.2 Å². The number of rotatable bonds is 9. The van der Waals surface area contributed by atoms with Gasteiger partial charge in [0, 0.05) is 0 Å². The molecule has 1 heterocycles. The zero-order valence-corrected chi connectivity index (χ0v) is 21.9. The van der Waals surface area contributed by atoms with Gasteiger partial charge in [0.1, 0.15) is 0 Å². The molecular weight excluding hydrogens is 364 g/mol. The average molecular weight is 409 g/mol. The Hall–Kier alpha value is -0.756. The summed E-state index contributed by atoms with van der Waals surface area (Å²) in [5.74, 6) is 0.892. The van der Waals surface area contributed by atoms with Crippen molar-refractivity contribution >= 4 is 22.4 Å². The van der Waals surface area contributed by atoms with Gasteiger partial charge in [-0.05, 0) is 33.2 Å². The first-order chi connectivity index (χ1) is 12.4. The lowest BCUT2D eigenvalue weighted by molar-refractivity contribution is 0.748. The molecule has 0 bridgehead atoms. The molecule has 0 atom stereocenters. The van der Waals surface area contributed by atoms with E-state index in [1.54, 1.807) is 6.20 Å². The van der Waals surface area contributed by atoms with Crippen molar-refractivity contribution in [1.82, 2.24) is 15.2 Å². The van der Waals surface area contributed by atoms with Crippen LogP contribution in [0.2, 0.25) is 33.2 Å². The summed E-state index contributed by atoms with van der Waals surface area (Å²) in [6, 6.07) is 0. The minimum absolute atomic E-state index is 0.615. The Labute approximate surface area is 170 Å². The predicted octanol–water partition coefficient (Wildman–Crippen LogP) is 7.03. The maximum atomic E-state index is 4.83. The monoisotopic (exact) mass is 408 g/mol. The van der Waals surface area contributed by atoms with E-state index < -0.39 is 16.5 Å². The van der Waals surface area contributed by atoms with Crippen LogP contribution in [0.4, 0.5) is 5.95 Å². The summed E-state index contributed by atoms with van der Waals surface area (Å²) in [6.07, 6.45) is 3.53. The minimum Gasteiger partial charge on any atom is -0.390 e. The molecule has 0 N–H and O–H groups in total. The zero-order valence-electron chi connectivity index (χ0n) is 19.9. The molecule has 0 aliphatic rings. The summed E-state index contributed by atoms with van der Waals surface area (Å²) in [5.41, 5.74) is 3.69. The summed E-state index contributed by atoms with van der Waals surface area (Å²) >= 11 is 0. The van der Waals surface area contributed by atoms with Gasteiger partial charge in [0.15, 0.2) is 16.5 Å². The lowest BCUT2D eigenvalue weighted by Gasteiger charge is -2.62. The van der Waals surface area contributed by atoms with Crippen LogP contribution < -0.4 is 4.23 Å². The van der Waals surface area contributed by atoms with E-state index in [-0.39, 0.29) is 0 Å². The highest BCUT2D eigenvalue weighted by Crippen LogP contribution is 2.54. The molecule has 0 amide bonds. The van der Waals surface area contributed by atoms with E-state index in [0.717, 1.165) is 5.95 Å². The van der Waals surface area contributed by atoms with Crippen LogP contribution in [-0.2, 0) is 0 Å². The van der Waals surface area contributed by atoms with Crippen molar-refractivity contribution in [3.05, 3.63) is 12.4 Å². The predicted molar refractivity (Wildman–Crippen MR) is 124 cm³/mol. The van der Waals surface area contributed by atoms with Gasteiger partial charge in [-0.1, -0.05) is 83.1 Å². The van der Waals surface area contributed by atoms with E-state index in [1.807, 2.05) is 6.20 Å². The normalized spacial score (nSPS) is 13.7. The Morgan fingerprint density at radius 1 is 0.593 bits per heavy atom. The van der Waals surface area contributed by atoms with Crippen LogP contribution in [0, 0.1) is 0 Å². The fourth-order valence-corrected chi connectivity index (χ4v) is 25.9. The highest BCUT2D eigenvalue weighted by Gasteiger charge is 2.60. The maximum absolute atomic E-state index is 4.83. The van der Waals surface area contributed by atoms with Crippen molar-refractivity contribution in [3.8, 4) is 0 Å². The second-order valence-electron chi connectivity index (χ2n) is 9.98. The lowest BCUT2D eigenvalue weighted by atomic mass is 10.5. The summed E-state index contributed by atoms with van der Waals surface area (Å²) in [4.78, 5) is 4.83. The summed E-state index contributed by atoms with van der Waals surface area (Å²) in [5, 5.41) is 8.92. The van der Waals surface area contributed by atoms with E-state index in [9.17, 15) is 0 Å². The third-order valence-electron chi connectivity index (χ3n) is 6.99. The molecule has 1 rings (SSSR count). The number of nitrogens with zero attached hydrogens (tertiary/aromatic N) is 4. The number of anilines is 1. The van der Waals surface area contributed by atoms with Gasteiger partial charge in [-0.3, -0.25) is 0 Å². The Bertz CT molecular complexity index is 495. The van der Waals surface area contributed by atoms with Gasteiger partial charge in [0.2, 0.25) is 5.95 Å². The molecule has 1 aromatic heterocycles. The van der Waals surface area contributed by atoms with Crippen molar-refractivity contribution in [2.24, 2.45) is 0 Å². The van der Waals surface area contributed by atoms with Crippen molar-refractivity contribution in [3.63, 3.8) is 0 Å². The van der Waals surface area contributed by atoms with Crippen LogP contribution in [0.5, 0.6) is 0 Å². The molecule has 0 aliphatic carbocycles. The van der Waals surface area contributed by atoms with Crippen molar-refractivity contribution in [1.29, 1.82) is 0 Å². The molecule has 6 heteroatoms. The molecule has 4 nitrogen and oxygen atoms in total. The molecule has 27 heavy (non-hydrogen) atoms. The first kappa shape index (κ1) is 24.3. The van der Waals surface area contributed by atoms with Gasteiger partial charge in [-0.15, -0.1) is 5.10 Å². The molecule has 0 unspecified atom stereocenters. The molecule has 0 spiro atoms. The van der Waals surface area contributed by atoms with Crippen LogP contribution in [0.3, 0.4) is 0 Å². The molecule has 0 saturated heterocycles. The second-order valence-corrected chi connectivity index (χ2v) is 21.8. The number of hydrogen-bond donors (Lipinski definition) is 0. The molecule has 0 radical (unpaired) electrons. The topological polar surface area (TPSA) is 41.9 Å². The number of aromatic nitrogens is 3. The fourth-order valence-electron chi connectivity index (χ4n) is 6.57. The minimum atomic E-state index is -1.99. The van der Waals surface area contributed by atoms with Crippen LogP contribution in [0.15, 0.2) is 12.4 Å². The van der Waals surface area contributed by atoms with Gasteiger partial charge < -0.3 is 4.23 Å². The summed E-state index contributed by atoms with van der Waals surface area (Å²) < 4.78 is 2.90. The largest absolute Gasteiger partial charge is 0.390 e. The molecule has 0 aromatic carbocycles. The third-order valence-corrected chi connectivity index (χ3v) is 22.4. The smallest absolute Gasteiger partial charge is 0.229 e. The summed E-state index contributed by atoms with van der Waals surface area (Å²) in [7, 11) is -3.98. The Kier molecular flexibility index (Phi) is 8.24. The quantitative estimate of drug-likeness (QED) is 0.411. The van der Waals surface area contributed by atoms with Crippen LogP contribution in [0.25, 0.3) is 0 Å². The van der Waals surface area contributed by atoms with Crippen molar-refractivity contribution in [2.75, 3.05) is 4.23 Å². The van der Waals surface area contributed by atoms with Crippen LogP contribution in [0.1, 0.15) is 83.1 Å². The Morgan fingerprint density at radius 2 is 0.926 bits per heavy atom. The molecule has 0 fully saturated rings. The third kappa shape index (κ3) is 3.89. The van der Waals surface area contributed by atoms with Gasteiger partial charge in [0.05, 0.1) is 12.4 Å². The van der Waals surface area contributed by atoms with Crippen molar-refractivity contribution in [2.45, 2.75) is 116 Å². The lowest BCUT2D eigenvalue weighted by Crippen LogP contribution is -2.75. The molecular formula is C21H44N4Si2. The highest BCUT2D eigenvalue weighted by atomic mass is 28.4. The van der Waals surface area contributed by atoms with E-state index >= 15 is 0 Å².